The lowest BCUT2D eigenvalue weighted by Crippen LogP contribution is -2.16. The largest absolute Gasteiger partial charge is 0.317 e. The SMILES string of the molecule is CCNCCc1ccc(C)nc1. The van der Waals surface area contributed by atoms with E-state index in [1.54, 1.807) is 0 Å². The molecule has 0 saturated heterocycles. The van der Waals surface area contributed by atoms with Crippen LogP contribution in [-0.4, -0.2) is 18.1 Å². The van der Waals surface area contributed by atoms with Crippen molar-refractivity contribution in [2.24, 2.45) is 0 Å². The minimum atomic E-state index is 1.04. The molecule has 0 aliphatic carbocycles. The van der Waals surface area contributed by atoms with Gasteiger partial charge in [-0.2, -0.15) is 0 Å². The molecule has 0 aliphatic rings. The lowest BCUT2D eigenvalue weighted by atomic mass is 10.2. The molecule has 2 heteroatoms. The number of aryl methyl sites for hydroxylation is 1. The summed E-state index contributed by atoms with van der Waals surface area (Å²) in [5, 5.41) is 3.28. The van der Waals surface area contributed by atoms with Crippen LogP contribution in [0.25, 0.3) is 0 Å². The number of hydrogen-bond acceptors (Lipinski definition) is 2. The van der Waals surface area contributed by atoms with E-state index in [1.165, 1.54) is 5.56 Å². The van der Waals surface area contributed by atoms with Gasteiger partial charge in [-0.25, -0.2) is 0 Å². The number of likely N-dealkylation sites (N-methyl/N-ethyl adjacent to an activating group) is 1. The molecule has 0 saturated carbocycles. The molecule has 0 atom stereocenters. The van der Waals surface area contributed by atoms with E-state index < -0.39 is 0 Å². The topological polar surface area (TPSA) is 24.9 Å². The van der Waals surface area contributed by atoms with Crippen LogP contribution in [0.3, 0.4) is 0 Å². The van der Waals surface area contributed by atoms with Crippen LogP contribution in [-0.2, 0) is 6.42 Å². The van der Waals surface area contributed by atoms with Crippen LogP contribution >= 0.6 is 0 Å². The summed E-state index contributed by atoms with van der Waals surface area (Å²) in [4.78, 5) is 4.23. The molecule has 0 aliphatic heterocycles. The van der Waals surface area contributed by atoms with Crippen molar-refractivity contribution in [1.29, 1.82) is 0 Å². The lowest BCUT2D eigenvalue weighted by molar-refractivity contribution is 0.715. The molecule has 0 fully saturated rings. The van der Waals surface area contributed by atoms with Crippen LogP contribution in [0.1, 0.15) is 18.2 Å². The Morgan fingerprint density at radius 2 is 2.25 bits per heavy atom. The van der Waals surface area contributed by atoms with Crippen molar-refractivity contribution < 1.29 is 0 Å². The number of pyridine rings is 1. The van der Waals surface area contributed by atoms with Crippen molar-refractivity contribution in [1.82, 2.24) is 10.3 Å². The normalized spacial score (nSPS) is 10.2. The van der Waals surface area contributed by atoms with Crippen molar-refractivity contribution >= 4 is 0 Å². The highest BCUT2D eigenvalue weighted by molar-refractivity contribution is 5.13. The number of nitrogens with zero attached hydrogens (tertiary/aromatic N) is 1. The fourth-order valence-electron chi connectivity index (χ4n) is 1.06. The van der Waals surface area contributed by atoms with E-state index in [0.29, 0.717) is 0 Å². The maximum absolute atomic E-state index is 4.23. The van der Waals surface area contributed by atoms with Gasteiger partial charge in [-0.3, -0.25) is 4.98 Å². The van der Waals surface area contributed by atoms with Crippen LogP contribution in [0.2, 0.25) is 0 Å². The highest BCUT2D eigenvalue weighted by Gasteiger charge is 1.91. The molecule has 1 N–H and O–H groups in total. The first-order chi connectivity index (χ1) is 5.83. The Morgan fingerprint density at radius 1 is 1.42 bits per heavy atom. The molecule has 1 rings (SSSR count). The number of hydrogen-bond donors (Lipinski definition) is 1. The molecule has 0 unspecified atom stereocenters. The monoisotopic (exact) mass is 164 g/mol. The van der Waals surface area contributed by atoms with E-state index in [0.717, 1.165) is 25.2 Å². The van der Waals surface area contributed by atoms with Gasteiger partial charge in [0.1, 0.15) is 0 Å². The first-order valence-electron chi connectivity index (χ1n) is 4.45. The molecule has 1 aromatic rings. The van der Waals surface area contributed by atoms with Gasteiger partial charge in [-0.1, -0.05) is 13.0 Å². The molecule has 0 spiro atoms. The lowest BCUT2D eigenvalue weighted by Gasteiger charge is -2.01. The minimum Gasteiger partial charge on any atom is -0.317 e. The Bertz CT molecular complexity index is 216. The zero-order valence-corrected chi connectivity index (χ0v) is 7.80. The van der Waals surface area contributed by atoms with Crippen molar-refractivity contribution in [3.05, 3.63) is 29.6 Å². The van der Waals surface area contributed by atoms with Crippen LogP contribution in [0.15, 0.2) is 18.3 Å². The molecule has 12 heavy (non-hydrogen) atoms. The van der Waals surface area contributed by atoms with Gasteiger partial charge < -0.3 is 5.32 Å². The predicted molar refractivity (Wildman–Crippen MR) is 51.2 cm³/mol. The first kappa shape index (κ1) is 9.20. The van der Waals surface area contributed by atoms with Gasteiger partial charge in [0.2, 0.25) is 0 Å². The van der Waals surface area contributed by atoms with Gasteiger partial charge in [0, 0.05) is 11.9 Å². The number of nitrogens with one attached hydrogen (secondary N) is 1. The van der Waals surface area contributed by atoms with E-state index in [1.807, 2.05) is 13.1 Å². The summed E-state index contributed by atoms with van der Waals surface area (Å²) in [6.45, 7) is 6.21. The molecular weight excluding hydrogens is 148 g/mol. The maximum atomic E-state index is 4.23. The van der Waals surface area contributed by atoms with Crippen LogP contribution in [0, 0.1) is 6.92 Å². The van der Waals surface area contributed by atoms with E-state index >= 15 is 0 Å². The highest BCUT2D eigenvalue weighted by atomic mass is 14.8. The molecule has 0 bridgehead atoms. The number of aromatic nitrogens is 1. The zero-order valence-electron chi connectivity index (χ0n) is 7.80. The summed E-state index contributed by atoms with van der Waals surface area (Å²) in [6.07, 6.45) is 3.02. The van der Waals surface area contributed by atoms with Crippen molar-refractivity contribution in [2.75, 3.05) is 13.1 Å². The van der Waals surface area contributed by atoms with Gasteiger partial charge in [-0.05, 0) is 38.1 Å². The van der Waals surface area contributed by atoms with Crippen molar-refractivity contribution in [3.8, 4) is 0 Å². The summed E-state index contributed by atoms with van der Waals surface area (Å²) in [5.74, 6) is 0. The third kappa shape index (κ3) is 3.01. The van der Waals surface area contributed by atoms with Gasteiger partial charge >= 0.3 is 0 Å². The summed E-state index contributed by atoms with van der Waals surface area (Å²) < 4.78 is 0. The first-order valence-corrected chi connectivity index (χ1v) is 4.45. The average Bonchev–Trinajstić information content (AvgIpc) is 2.09. The Balaban J connectivity index is 2.37. The molecular formula is C10H16N2. The smallest absolute Gasteiger partial charge is 0.0372 e. The van der Waals surface area contributed by atoms with E-state index in [2.05, 4.69) is 29.4 Å². The fraction of sp³-hybridized carbons (Fsp3) is 0.500. The van der Waals surface area contributed by atoms with Gasteiger partial charge in [0.25, 0.3) is 0 Å². The fourth-order valence-corrected chi connectivity index (χ4v) is 1.06. The molecule has 1 aromatic heterocycles. The second kappa shape index (κ2) is 4.88. The summed E-state index contributed by atoms with van der Waals surface area (Å²) in [7, 11) is 0. The van der Waals surface area contributed by atoms with E-state index in [-0.39, 0.29) is 0 Å². The van der Waals surface area contributed by atoms with Crippen LogP contribution in [0.4, 0.5) is 0 Å². The molecule has 1 heterocycles. The summed E-state index contributed by atoms with van der Waals surface area (Å²) in [6, 6.07) is 4.20. The van der Waals surface area contributed by atoms with Gasteiger partial charge in [0.15, 0.2) is 0 Å². The highest BCUT2D eigenvalue weighted by Crippen LogP contribution is 1.98. The molecule has 66 valence electrons. The third-order valence-electron chi connectivity index (χ3n) is 1.81. The maximum Gasteiger partial charge on any atom is 0.0372 e. The van der Waals surface area contributed by atoms with E-state index in [9.17, 15) is 0 Å². The molecule has 0 aromatic carbocycles. The van der Waals surface area contributed by atoms with Gasteiger partial charge in [0.05, 0.1) is 0 Å². The Labute approximate surface area is 74.0 Å². The second-order valence-electron chi connectivity index (χ2n) is 2.91. The van der Waals surface area contributed by atoms with Crippen molar-refractivity contribution in [3.63, 3.8) is 0 Å². The third-order valence-corrected chi connectivity index (χ3v) is 1.81. The Hall–Kier alpha value is -0.890. The predicted octanol–water partition coefficient (Wildman–Crippen LogP) is 1.54. The zero-order chi connectivity index (χ0) is 8.81. The quantitative estimate of drug-likeness (QED) is 0.683. The van der Waals surface area contributed by atoms with Crippen LogP contribution < -0.4 is 5.32 Å². The Morgan fingerprint density at radius 3 is 2.83 bits per heavy atom. The Kier molecular flexibility index (Phi) is 3.74. The summed E-state index contributed by atoms with van der Waals surface area (Å²) >= 11 is 0. The molecule has 0 amide bonds. The second-order valence-corrected chi connectivity index (χ2v) is 2.91. The van der Waals surface area contributed by atoms with Gasteiger partial charge in [-0.15, -0.1) is 0 Å². The number of rotatable bonds is 4. The summed E-state index contributed by atoms with van der Waals surface area (Å²) in [5.41, 5.74) is 2.39. The molecule has 0 radical (unpaired) electrons. The molecule has 2 nitrogen and oxygen atoms in total. The standard InChI is InChI=1S/C10H16N2/c1-3-11-7-6-10-5-4-9(2)12-8-10/h4-5,8,11H,3,6-7H2,1-2H3. The average molecular weight is 164 g/mol. The van der Waals surface area contributed by atoms with E-state index in [4.69, 9.17) is 0 Å². The van der Waals surface area contributed by atoms with Crippen LogP contribution in [0.5, 0.6) is 0 Å². The minimum absolute atomic E-state index is 1.04. The van der Waals surface area contributed by atoms with Crippen molar-refractivity contribution in [2.45, 2.75) is 20.3 Å².